The number of nitrogens with one attached hydrogen (secondary N) is 1. The summed E-state index contributed by atoms with van der Waals surface area (Å²) in [6.07, 6.45) is 6.86. The quantitative estimate of drug-likeness (QED) is 0.425. The van der Waals surface area contributed by atoms with Crippen molar-refractivity contribution in [2.24, 2.45) is 4.99 Å². The Kier molecular flexibility index (Phi) is 7.54. The Morgan fingerprint density at radius 1 is 1.46 bits per heavy atom. The molecule has 0 saturated carbocycles. The van der Waals surface area contributed by atoms with Crippen molar-refractivity contribution in [2.45, 2.75) is 38.8 Å². The van der Waals surface area contributed by atoms with Crippen LogP contribution in [0.2, 0.25) is 0 Å². The third-order valence-corrected chi connectivity index (χ3v) is 5.17. The monoisotopic (exact) mass is 459 g/mol. The first-order valence-electron chi connectivity index (χ1n) is 8.25. The second-order valence-electron chi connectivity index (χ2n) is 5.95. The van der Waals surface area contributed by atoms with Gasteiger partial charge < -0.3 is 14.8 Å². The summed E-state index contributed by atoms with van der Waals surface area (Å²) in [6, 6.07) is 4.29. The van der Waals surface area contributed by atoms with Gasteiger partial charge in [0.15, 0.2) is 5.96 Å². The first-order chi connectivity index (χ1) is 11.3. The van der Waals surface area contributed by atoms with Crippen LogP contribution in [0, 0.1) is 0 Å². The molecule has 24 heavy (non-hydrogen) atoms. The average molecular weight is 459 g/mol. The highest BCUT2D eigenvalue weighted by Crippen LogP contribution is 2.14. The highest BCUT2D eigenvalue weighted by atomic mass is 127. The lowest BCUT2D eigenvalue weighted by molar-refractivity contribution is 0.486. The van der Waals surface area contributed by atoms with Gasteiger partial charge in [0.1, 0.15) is 5.82 Å². The minimum Gasteiger partial charge on any atom is -0.351 e. The molecular weight excluding hydrogens is 433 g/mol. The van der Waals surface area contributed by atoms with Crippen LogP contribution >= 0.6 is 35.3 Å². The van der Waals surface area contributed by atoms with Gasteiger partial charge in [0.2, 0.25) is 0 Å². The number of likely N-dealkylation sites (N-methyl/N-ethyl adjacent to an activating group) is 1. The number of aryl methyl sites for hydroxylation is 2. The summed E-state index contributed by atoms with van der Waals surface area (Å²) in [5.74, 6) is 2.15. The van der Waals surface area contributed by atoms with Crippen molar-refractivity contribution < 1.29 is 0 Å². The Bertz CT molecular complexity index is 626. The number of hydrogen-bond donors (Lipinski definition) is 1. The fraction of sp³-hybridized carbons (Fsp3) is 0.529. The Labute approximate surface area is 165 Å². The number of hydrogen-bond acceptors (Lipinski definition) is 3. The smallest absolute Gasteiger partial charge is 0.193 e. The van der Waals surface area contributed by atoms with Crippen LogP contribution in [-0.2, 0) is 25.9 Å². The van der Waals surface area contributed by atoms with Crippen molar-refractivity contribution in [3.05, 3.63) is 40.1 Å². The molecule has 0 bridgehead atoms. The van der Waals surface area contributed by atoms with Gasteiger partial charge in [-0.15, -0.1) is 35.3 Å². The predicted octanol–water partition coefficient (Wildman–Crippen LogP) is 3.15. The Morgan fingerprint density at radius 2 is 2.33 bits per heavy atom. The molecule has 0 saturated heterocycles. The lowest BCUT2D eigenvalue weighted by Gasteiger charge is -2.21. The number of rotatable bonds is 5. The number of thiophene rings is 1. The number of imidazole rings is 1. The van der Waals surface area contributed by atoms with Crippen molar-refractivity contribution in [3.8, 4) is 0 Å². The van der Waals surface area contributed by atoms with Crippen LogP contribution in [0.3, 0.4) is 0 Å². The van der Waals surface area contributed by atoms with Gasteiger partial charge in [-0.25, -0.2) is 4.98 Å². The maximum absolute atomic E-state index is 4.73. The van der Waals surface area contributed by atoms with E-state index in [1.165, 1.54) is 23.5 Å². The maximum Gasteiger partial charge on any atom is 0.193 e. The van der Waals surface area contributed by atoms with Gasteiger partial charge >= 0.3 is 0 Å². The summed E-state index contributed by atoms with van der Waals surface area (Å²) in [5, 5.41) is 5.56. The van der Waals surface area contributed by atoms with Gasteiger partial charge in [-0.3, -0.25) is 4.99 Å². The van der Waals surface area contributed by atoms with E-state index < -0.39 is 0 Å². The minimum absolute atomic E-state index is 0. The van der Waals surface area contributed by atoms with E-state index in [0.717, 1.165) is 44.1 Å². The second-order valence-corrected chi connectivity index (χ2v) is 6.98. The Balaban J connectivity index is 0.00000208. The Hall–Kier alpha value is -1.09. The van der Waals surface area contributed by atoms with Crippen LogP contribution in [-0.4, -0.2) is 41.1 Å². The zero-order chi connectivity index (χ0) is 16.1. The van der Waals surface area contributed by atoms with Crippen molar-refractivity contribution >= 4 is 41.3 Å². The molecule has 1 aliphatic rings. The van der Waals surface area contributed by atoms with E-state index in [4.69, 9.17) is 4.98 Å². The van der Waals surface area contributed by atoms with E-state index in [-0.39, 0.29) is 24.0 Å². The molecular formula is C17H26IN5S. The normalized spacial score (nSPS) is 14.0. The van der Waals surface area contributed by atoms with Crippen LogP contribution in [0.1, 0.15) is 29.2 Å². The average Bonchev–Trinajstić information content (AvgIpc) is 3.22. The van der Waals surface area contributed by atoms with E-state index in [1.807, 2.05) is 18.4 Å². The molecule has 0 atom stereocenters. The van der Waals surface area contributed by atoms with Gasteiger partial charge in [-0.1, -0.05) is 6.07 Å². The van der Waals surface area contributed by atoms with E-state index >= 15 is 0 Å². The van der Waals surface area contributed by atoms with Gasteiger partial charge in [0, 0.05) is 44.7 Å². The van der Waals surface area contributed by atoms with Crippen molar-refractivity contribution in [2.75, 3.05) is 20.6 Å². The molecule has 0 amide bonds. The predicted molar refractivity (Wildman–Crippen MR) is 111 cm³/mol. The molecule has 3 rings (SSSR count). The molecule has 0 aliphatic carbocycles. The number of guanidine groups is 1. The van der Waals surface area contributed by atoms with E-state index in [1.54, 1.807) is 0 Å². The third kappa shape index (κ3) is 4.95. The van der Waals surface area contributed by atoms with Crippen LogP contribution in [0.5, 0.6) is 0 Å². The zero-order valence-electron chi connectivity index (χ0n) is 14.4. The summed E-state index contributed by atoms with van der Waals surface area (Å²) >= 11 is 1.81. The zero-order valence-corrected chi connectivity index (χ0v) is 17.5. The van der Waals surface area contributed by atoms with E-state index in [0.29, 0.717) is 0 Å². The largest absolute Gasteiger partial charge is 0.351 e. The molecule has 0 spiro atoms. The highest BCUT2D eigenvalue weighted by molar-refractivity contribution is 14.0. The van der Waals surface area contributed by atoms with Crippen LogP contribution in [0.15, 0.2) is 28.7 Å². The molecule has 7 heteroatoms. The molecule has 0 fully saturated rings. The van der Waals surface area contributed by atoms with Crippen molar-refractivity contribution in [3.63, 3.8) is 0 Å². The summed E-state index contributed by atoms with van der Waals surface area (Å²) in [6.45, 7) is 2.80. The van der Waals surface area contributed by atoms with Crippen LogP contribution in [0.25, 0.3) is 0 Å². The second kappa shape index (κ2) is 9.41. The SMILES string of the molecule is CN=C(NCc1cn2c(n1)CCCC2)N(C)CCc1cccs1.I. The molecule has 2 aromatic heterocycles. The number of nitrogens with zero attached hydrogens (tertiary/aromatic N) is 4. The van der Waals surface area contributed by atoms with Crippen molar-refractivity contribution in [1.29, 1.82) is 0 Å². The molecule has 0 aromatic carbocycles. The molecule has 1 aliphatic heterocycles. The molecule has 0 unspecified atom stereocenters. The Morgan fingerprint density at radius 3 is 3.04 bits per heavy atom. The number of aliphatic imine (C=N–C) groups is 1. The summed E-state index contributed by atoms with van der Waals surface area (Å²) < 4.78 is 2.30. The molecule has 5 nitrogen and oxygen atoms in total. The fourth-order valence-electron chi connectivity index (χ4n) is 2.95. The van der Waals surface area contributed by atoms with Gasteiger partial charge in [-0.05, 0) is 30.7 Å². The number of halogens is 1. The standard InChI is InChI=1S/C17H25N5S.HI/c1-18-17(21(2)10-8-15-6-5-11-23-15)19-12-14-13-22-9-4-3-7-16(22)20-14;/h5-6,11,13H,3-4,7-10,12H2,1-2H3,(H,18,19);1H. The fourth-order valence-corrected chi connectivity index (χ4v) is 3.65. The van der Waals surface area contributed by atoms with Gasteiger partial charge in [0.25, 0.3) is 0 Å². The maximum atomic E-state index is 4.73. The van der Waals surface area contributed by atoms with Crippen molar-refractivity contribution in [1.82, 2.24) is 19.8 Å². The van der Waals surface area contributed by atoms with E-state index in [9.17, 15) is 0 Å². The first kappa shape index (κ1) is 19.2. The van der Waals surface area contributed by atoms with Crippen LogP contribution in [0.4, 0.5) is 0 Å². The summed E-state index contributed by atoms with van der Waals surface area (Å²) in [4.78, 5) is 12.7. The van der Waals surface area contributed by atoms with E-state index in [2.05, 4.69) is 50.5 Å². The molecule has 3 heterocycles. The minimum atomic E-state index is 0. The number of aromatic nitrogens is 2. The first-order valence-corrected chi connectivity index (χ1v) is 9.13. The van der Waals surface area contributed by atoms with Gasteiger partial charge in [0.05, 0.1) is 12.2 Å². The molecule has 2 aromatic rings. The summed E-state index contributed by atoms with van der Waals surface area (Å²) in [7, 11) is 3.92. The number of fused-ring (bicyclic) bond motifs is 1. The highest BCUT2D eigenvalue weighted by Gasteiger charge is 2.13. The van der Waals surface area contributed by atoms with Gasteiger partial charge in [-0.2, -0.15) is 0 Å². The lowest BCUT2D eigenvalue weighted by Crippen LogP contribution is -2.39. The summed E-state index contributed by atoms with van der Waals surface area (Å²) in [5.41, 5.74) is 1.11. The molecule has 0 radical (unpaired) electrons. The topological polar surface area (TPSA) is 45.5 Å². The lowest BCUT2D eigenvalue weighted by atomic mass is 10.2. The molecule has 1 N–H and O–H groups in total. The van der Waals surface area contributed by atoms with Crippen LogP contribution < -0.4 is 5.32 Å². The third-order valence-electron chi connectivity index (χ3n) is 4.23. The molecule has 132 valence electrons.